The van der Waals surface area contributed by atoms with E-state index in [-0.39, 0.29) is 18.1 Å². The molecule has 0 aliphatic rings. The molecule has 0 fully saturated rings. The van der Waals surface area contributed by atoms with E-state index in [2.05, 4.69) is 4.98 Å². The molecule has 0 saturated carbocycles. The molecule has 1 aromatic heterocycles. The smallest absolute Gasteiger partial charge is 0.354 e. The molecule has 86 valence electrons. The fraction of sp³-hybridized carbons (Fsp3) is 0.364. The minimum Gasteiger partial charge on any atom is -0.477 e. The van der Waals surface area contributed by atoms with Crippen molar-refractivity contribution in [3.63, 3.8) is 0 Å². The summed E-state index contributed by atoms with van der Waals surface area (Å²) in [5.74, 6) is -1.37. The molecule has 0 spiro atoms. The van der Waals surface area contributed by atoms with Gasteiger partial charge in [0.1, 0.15) is 5.69 Å². The summed E-state index contributed by atoms with van der Waals surface area (Å²) in [4.78, 5) is 25.6. The zero-order chi connectivity index (χ0) is 12.0. The third-order valence-electron chi connectivity index (χ3n) is 1.92. The number of aromatic carboxylic acids is 1. The van der Waals surface area contributed by atoms with E-state index in [1.54, 1.807) is 19.1 Å². The van der Waals surface area contributed by atoms with Crippen LogP contribution in [-0.2, 0) is 16.0 Å². The molecule has 1 aromatic rings. The van der Waals surface area contributed by atoms with E-state index in [0.29, 0.717) is 18.7 Å². The molecule has 0 atom stereocenters. The number of esters is 1. The van der Waals surface area contributed by atoms with Crippen molar-refractivity contribution in [3.8, 4) is 0 Å². The number of hydrogen-bond acceptors (Lipinski definition) is 4. The highest BCUT2D eigenvalue weighted by molar-refractivity contribution is 5.85. The van der Waals surface area contributed by atoms with Crippen molar-refractivity contribution >= 4 is 11.9 Å². The number of carboxylic acid groups (broad SMARTS) is 1. The predicted molar refractivity (Wildman–Crippen MR) is 56.2 cm³/mol. The molecule has 0 aliphatic heterocycles. The summed E-state index contributed by atoms with van der Waals surface area (Å²) in [6.07, 6.45) is 0.601. The Morgan fingerprint density at radius 1 is 1.44 bits per heavy atom. The van der Waals surface area contributed by atoms with E-state index in [1.807, 2.05) is 0 Å². The van der Waals surface area contributed by atoms with E-state index >= 15 is 0 Å². The van der Waals surface area contributed by atoms with E-state index in [9.17, 15) is 9.59 Å². The van der Waals surface area contributed by atoms with Gasteiger partial charge in [0.05, 0.1) is 13.0 Å². The lowest BCUT2D eigenvalue weighted by Gasteiger charge is -2.02. The Bertz CT molecular complexity index is 389. The van der Waals surface area contributed by atoms with Gasteiger partial charge < -0.3 is 9.84 Å². The van der Waals surface area contributed by atoms with Crippen LogP contribution in [0.5, 0.6) is 0 Å². The maximum absolute atomic E-state index is 11.1. The van der Waals surface area contributed by atoms with Crippen molar-refractivity contribution in [1.29, 1.82) is 0 Å². The van der Waals surface area contributed by atoms with Crippen LogP contribution in [-0.4, -0.2) is 28.6 Å². The van der Waals surface area contributed by atoms with E-state index in [4.69, 9.17) is 9.84 Å². The van der Waals surface area contributed by atoms with Crippen LogP contribution in [0.15, 0.2) is 18.2 Å². The Morgan fingerprint density at radius 2 is 2.19 bits per heavy atom. The van der Waals surface area contributed by atoms with Gasteiger partial charge in [-0.3, -0.25) is 4.79 Å². The SMILES string of the molecule is CCOC(=O)CCc1cccc(C(=O)O)n1. The molecular weight excluding hydrogens is 210 g/mol. The number of nitrogens with zero attached hydrogens (tertiary/aromatic N) is 1. The molecule has 0 radical (unpaired) electrons. The van der Waals surface area contributed by atoms with Crippen molar-refractivity contribution in [2.45, 2.75) is 19.8 Å². The average Bonchev–Trinajstić information content (AvgIpc) is 2.27. The molecule has 5 nitrogen and oxygen atoms in total. The summed E-state index contributed by atoms with van der Waals surface area (Å²) < 4.78 is 4.76. The highest BCUT2D eigenvalue weighted by Gasteiger charge is 2.07. The first-order valence-electron chi connectivity index (χ1n) is 4.98. The lowest BCUT2D eigenvalue weighted by molar-refractivity contribution is -0.143. The van der Waals surface area contributed by atoms with Crippen molar-refractivity contribution in [2.24, 2.45) is 0 Å². The van der Waals surface area contributed by atoms with Gasteiger partial charge in [0.2, 0.25) is 0 Å². The summed E-state index contributed by atoms with van der Waals surface area (Å²) in [5, 5.41) is 8.72. The van der Waals surface area contributed by atoms with Gasteiger partial charge in [-0.15, -0.1) is 0 Å². The van der Waals surface area contributed by atoms with Crippen LogP contribution in [0, 0.1) is 0 Å². The van der Waals surface area contributed by atoms with E-state index in [1.165, 1.54) is 6.07 Å². The Balaban J connectivity index is 2.57. The summed E-state index contributed by atoms with van der Waals surface area (Å²) in [7, 11) is 0. The summed E-state index contributed by atoms with van der Waals surface area (Å²) in [5.41, 5.74) is 0.564. The van der Waals surface area contributed by atoms with Crippen LogP contribution in [0.1, 0.15) is 29.5 Å². The van der Waals surface area contributed by atoms with Crippen LogP contribution in [0.3, 0.4) is 0 Å². The monoisotopic (exact) mass is 223 g/mol. The van der Waals surface area contributed by atoms with Gasteiger partial charge in [-0.25, -0.2) is 9.78 Å². The Hall–Kier alpha value is -1.91. The minimum atomic E-state index is -1.07. The zero-order valence-electron chi connectivity index (χ0n) is 8.97. The fourth-order valence-corrected chi connectivity index (χ4v) is 1.20. The van der Waals surface area contributed by atoms with Crippen molar-refractivity contribution < 1.29 is 19.4 Å². The first kappa shape index (κ1) is 12.2. The number of carboxylic acids is 1. The van der Waals surface area contributed by atoms with Crippen molar-refractivity contribution in [3.05, 3.63) is 29.6 Å². The van der Waals surface area contributed by atoms with Gasteiger partial charge in [-0.2, -0.15) is 0 Å². The molecule has 0 bridgehead atoms. The second-order valence-electron chi connectivity index (χ2n) is 3.12. The second kappa shape index (κ2) is 5.85. The zero-order valence-corrected chi connectivity index (χ0v) is 8.97. The summed E-state index contributed by atoms with van der Waals surface area (Å²) in [6, 6.07) is 4.71. The van der Waals surface area contributed by atoms with E-state index in [0.717, 1.165) is 0 Å². The lowest BCUT2D eigenvalue weighted by Crippen LogP contribution is -2.07. The van der Waals surface area contributed by atoms with Crippen LogP contribution >= 0.6 is 0 Å². The standard InChI is InChI=1S/C11H13NO4/c1-2-16-10(13)7-6-8-4-3-5-9(12-8)11(14)15/h3-5H,2,6-7H2,1H3,(H,14,15). The quantitative estimate of drug-likeness (QED) is 0.761. The van der Waals surface area contributed by atoms with Crippen LogP contribution in [0.4, 0.5) is 0 Å². The minimum absolute atomic E-state index is 0.0126. The van der Waals surface area contributed by atoms with Crippen molar-refractivity contribution in [1.82, 2.24) is 4.98 Å². The van der Waals surface area contributed by atoms with Gasteiger partial charge >= 0.3 is 11.9 Å². The van der Waals surface area contributed by atoms with Crippen LogP contribution in [0.2, 0.25) is 0 Å². The van der Waals surface area contributed by atoms with Gasteiger partial charge in [-0.05, 0) is 19.1 Å². The number of rotatable bonds is 5. The number of hydrogen-bond donors (Lipinski definition) is 1. The number of pyridine rings is 1. The van der Waals surface area contributed by atoms with Gasteiger partial charge in [0.25, 0.3) is 0 Å². The van der Waals surface area contributed by atoms with Gasteiger partial charge in [-0.1, -0.05) is 6.07 Å². The highest BCUT2D eigenvalue weighted by Crippen LogP contribution is 2.03. The second-order valence-corrected chi connectivity index (χ2v) is 3.12. The first-order valence-corrected chi connectivity index (χ1v) is 4.98. The molecule has 1 heterocycles. The third kappa shape index (κ3) is 3.68. The molecular formula is C11H13NO4. The predicted octanol–water partition coefficient (Wildman–Crippen LogP) is 1.28. The van der Waals surface area contributed by atoms with Crippen molar-refractivity contribution in [2.75, 3.05) is 6.61 Å². The van der Waals surface area contributed by atoms with Crippen LogP contribution < -0.4 is 0 Å². The molecule has 16 heavy (non-hydrogen) atoms. The third-order valence-corrected chi connectivity index (χ3v) is 1.92. The molecule has 0 unspecified atom stereocenters. The topological polar surface area (TPSA) is 76.5 Å². The Labute approximate surface area is 93.1 Å². The summed E-state index contributed by atoms with van der Waals surface area (Å²) >= 11 is 0. The molecule has 0 saturated heterocycles. The molecule has 1 N–H and O–H groups in total. The fourth-order valence-electron chi connectivity index (χ4n) is 1.20. The van der Waals surface area contributed by atoms with Crippen LogP contribution in [0.25, 0.3) is 0 Å². The number of carbonyl (C=O) groups excluding carboxylic acids is 1. The number of aryl methyl sites for hydroxylation is 1. The average molecular weight is 223 g/mol. The maximum atomic E-state index is 11.1. The largest absolute Gasteiger partial charge is 0.477 e. The Kier molecular flexibility index (Phi) is 4.44. The maximum Gasteiger partial charge on any atom is 0.354 e. The number of aromatic nitrogens is 1. The summed E-state index contributed by atoms with van der Waals surface area (Å²) in [6.45, 7) is 2.09. The molecule has 1 rings (SSSR count). The van der Waals surface area contributed by atoms with E-state index < -0.39 is 5.97 Å². The normalized spacial score (nSPS) is 9.81. The number of carbonyl (C=O) groups is 2. The molecule has 5 heteroatoms. The van der Waals surface area contributed by atoms with Gasteiger partial charge in [0.15, 0.2) is 0 Å². The number of ether oxygens (including phenoxy) is 1. The highest BCUT2D eigenvalue weighted by atomic mass is 16.5. The lowest BCUT2D eigenvalue weighted by atomic mass is 10.2. The molecule has 0 amide bonds. The Morgan fingerprint density at radius 3 is 2.81 bits per heavy atom. The molecule has 0 aliphatic carbocycles. The molecule has 0 aromatic carbocycles. The first-order chi connectivity index (χ1) is 7.63. The van der Waals surface area contributed by atoms with Gasteiger partial charge in [0, 0.05) is 12.1 Å².